The van der Waals surface area contributed by atoms with Crippen molar-refractivity contribution >= 4 is 17.3 Å². The molecule has 4 heteroatoms. The fourth-order valence-corrected chi connectivity index (χ4v) is 1.75. The van der Waals surface area contributed by atoms with E-state index in [2.05, 4.69) is 5.18 Å². The van der Waals surface area contributed by atoms with Gasteiger partial charge in [-0.15, -0.1) is 4.91 Å². The van der Waals surface area contributed by atoms with E-state index < -0.39 is 0 Å². The third-order valence-corrected chi connectivity index (χ3v) is 2.80. The zero-order valence-electron chi connectivity index (χ0n) is 9.67. The molecule has 0 radical (unpaired) electrons. The van der Waals surface area contributed by atoms with Crippen molar-refractivity contribution in [2.75, 3.05) is 6.61 Å². The summed E-state index contributed by atoms with van der Waals surface area (Å²) >= 11 is 5.78. The molecule has 0 aliphatic heterocycles. The van der Waals surface area contributed by atoms with Crippen LogP contribution in [0.2, 0.25) is 5.02 Å². The SMILES string of the molecule is O=Nc1ccccc1CCOc1ccc(Cl)cc1. The van der Waals surface area contributed by atoms with E-state index in [9.17, 15) is 4.91 Å². The normalized spacial score (nSPS) is 10.1. The lowest BCUT2D eigenvalue weighted by Crippen LogP contribution is -2.01. The van der Waals surface area contributed by atoms with Gasteiger partial charge in [-0.1, -0.05) is 29.8 Å². The number of nitroso groups, excluding NO2 is 1. The van der Waals surface area contributed by atoms with Crippen LogP contribution in [0.15, 0.2) is 53.7 Å². The number of hydrogen-bond acceptors (Lipinski definition) is 3. The van der Waals surface area contributed by atoms with Gasteiger partial charge in [-0.25, -0.2) is 0 Å². The minimum absolute atomic E-state index is 0.470. The number of rotatable bonds is 5. The fourth-order valence-electron chi connectivity index (χ4n) is 1.62. The van der Waals surface area contributed by atoms with Crippen LogP contribution in [0.25, 0.3) is 0 Å². The second-order valence-electron chi connectivity index (χ2n) is 3.77. The first kappa shape index (κ1) is 12.6. The Balaban J connectivity index is 1.92. The van der Waals surface area contributed by atoms with E-state index in [1.54, 1.807) is 24.3 Å². The largest absolute Gasteiger partial charge is 0.493 e. The summed E-state index contributed by atoms with van der Waals surface area (Å²) in [5.74, 6) is 0.760. The van der Waals surface area contributed by atoms with Gasteiger partial charge < -0.3 is 4.74 Å². The highest BCUT2D eigenvalue weighted by Crippen LogP contribution is 2.20. The van der Waals surface area contributed by atoms with Gasteiger partial charge in [-0.05, 0) is 41.1 Å². The maximum Gasteiger partial charge on any atom is 0.119 e. The van der Waals surface area contributed by atoms with Crippen LogP contribution < -0.4 is 4.74 Å². The van der Waals surface area contributed by atoms with Gasteiger partial charge in [-0.2, -0.15) is 0 Å². The molecule has 0 saturated carbocycles. The molecule has 2 rings (SSSR count). The lowest BCUT2D eigenvalue weighted by molar-refractivity contribution is 0.322. The molecule has 0 heterocycles. The summed E-state index contributed by atoms with van der Waals surface area (Å²) in [6, 6.07) is 14.4. The van der Waals surface area contributed by atoms with Gasteiger partial charge >= 0.3 is 0 Å². The van der Waals surface area contributed by atoms with Gasteiger partial charge in [0.25, 0.3) is 0 Å². The minimum atomic E-state index is 0.470. The molecule has 0 aliphatic carbocycles. The molecule has 0 bridgehead atoms. The number of halogens is 1. The summed E-state index contributed by atoms with van der Waals surface area (Å²) in [5.41, 5.74) is 1.36. The van der Waals surface area contributed by atoms with Crippen molar-refractivity contribution in [3.8, 4) is 5.75 Å². The van der Waals surface area contributed by atoms with Gasteiger partial charge in [0.1, 0.15) is 11.4 Å². The van der Waals surface area contributed by atoms with E-state index in [-0.39, 0.29) is 0 Å². The molecular weight excluding hydrogens is 250 g/mol. The maximum atomic E-state index is 10.6. The summed E-state index contributed by atoms with van der Waals surface area (Å²) in [7, 11) is 0. The van der Waals surface area contributed by atoms with Crippen LogP contribution in [0.4, 0.5) is 5.69 Å². The molecule has 0 atom stereocenters. The van der Waals surface area contributed by atoms with Crippen LogP contribution >= 0.6 is 11.6 Å². The highest BCUT2D eigenvalue weighted by Gasteiger charge is 2.02. The molecule has 0 N–H and O–H groups in total. The Kier molecular flexibility index (Phi) is 4.31. The molecule has 0 fully saturated rings. The van der Waals surface area contributed by atoms with E-state index >= 15 is 0 Å². The van der Waals surface area contributed by atoms with Gasteiger partial charge in [0.2, 0.25) is 0 Å². The van der Waals surface area contributed by atoms with Crippen LogP contribution in [0, 0.1) is 4.91 Å². The van der Waals surface area contributed by atoms with Crippen molar-refractivity contribution in [3.05, 3.63) is 64.0 Å². The molecule has 0 amide bonds. The summed E-state index contributed by atoms with van der Waals surface area (Å²) in [5, 5.41) is 3.66. The fraction of sp³-hybridized carbons (Fsp3) is 0.143. The molecule has 0 saturated heterocycles. The highest BCUT2D eigenvalue weighted by molar-refractivity contribution is 6.30. The Hall–Kier alpha value is -1.87. The monoisotopic (exact) mass is 261 g/mol. The van der Waals surface area contributed by atoms with Crippen LogP contribution in [0.1, 0.15) is 5.56 Å². The molecule has 18 heavy (non-hydrogen) atoms. The predicted octanol–water partition coefficient (Wildman–Crippen LogP) is 4.36. The Bertz CT molecular complexity index is 526. The average molecular weight is 262 g/mol. The van der Waals surface area contributed by atoms with Crippen molar-refractivity contribution < 1.29 is 4.74 Å². The minimum Gasteiger partial charge on any atom is -0.493 e. The number of ether oxygens (including phenoxy) is 1. The van der Waals surface area contributed by atoms with Crippen molar-refractivity contribution in [1.29, 1.82) is 0 Å². The zero-order chi connectivity index (χ0) is 12.8. The lowest BCUT2D eigenvalue weighted by Gasteiger charge is -2.07. The smallest absolute Gasteiger partial charge is 0.119 e. The first-order chi connectivity index (χ1) is 8.79. The average Bonchev–Trinajstić information content (AvgIpc) is 2.41. The van der Waals surface area contributed by atoms with Crippen molar-refractivity contribution in [1.82, 2.24) is 0 Å². The van der Waals surface area contributed by atoms with E-state index in [1.807, 2.05) is 24.3 Å². The Labute approximate surface area is 110 Å². The second kappa shape index (κ2) is 6.17. The molecule has 3 nitrogen and oxygen atoms in total. The number of benzene rings is 2. The lowest BCUT2D eigenvalue weighted by atomic mass is 10.1. The standard InChI is InChI=1S/C14H12ClNO2/c15-12-5-7-13(8-6-12)18-10-9-11-3-1-2-4-14(11)16-17/h1-8H,9-10H2. The van der Waals surface area contributed by atoms with Crippen molar-refractivity contribution in [2.45, 2.75) is 6.42 Å². The van der Waals surface area contributed by atoms with E-state index in [0.29, 0.717) is 23.7 Å². The van der Waals surface area contributed by atoms with Gasteiger partial charge in [0.15, 0.2) is 0 Å². The molecule has 0 aliphatic rings. The zero-order valence-corrected chi connectivity index (χ0v) is 10.4. The van der Waals surface area contributed by atoms with Gasteiger partial charge in [0.05, 0.1) is 6.61 Å². The number of nitrogens with zero attached hydrogens (tertiary/aromatic N) is 1. The van der Waals surface area contributed by atoms with Gasteiger partial charge in [0, 0.05) is 11.4 Å². The Morgan fingerprint density at radius 2 is 1.78 bits per heavy atom. The third-order valence-electron chi connectivity index (χ3n) is 2.54. The Morgan fingerprint density at radius 1 is 1.06 bits per heavy atom. The summed E-state index contributed by atoms with van der Waals surface area (Å²) in [6.45, 7) is 0.494. The van der Waals surface area contributed by atoms with E-state index in [0.717, 1.165) is 11.3 Å². The summed E-state index contributed by atoms with van der Waals surface area (Å²) < 4.78 is 5.56. The van der Waals surface area contributed by atoms with E-state index in [4.69, 9.17) is 16.3 Å². The van der Waals surface area contributed by atoms with Crippen LogP contribution in [0.5, 0.6) is 5.75 Å². The second-order valence-corrected chi connectivity index (χ2v) is 4.21. The molecule has 0 unspecified atom stereocenters. The maximum absolute atomic E-state index is 10.6. The number of hydrogen-bond donors (Lipinski definition) is 0. The van der Waals surface area contributed by atoms with Gasteiger partial charge in [-0.3, -0.25) is 0 Å². The molecule has 2 aromatic rings. The quantitative estimate of drug-likeness (QED) is 0.750. The predicted molar refractivity (Wildman–Crippen MR) is 72.5 cm³/mol. The molecule has 92 valence electrons. The molecule has 2 aromatic carbocycles. The summed E-state index contributed by atoms with van der Waals surface area (Å²) in [4.78, 5) is 10.6. The Morgan fingerprint density at radius 3 is 2.50 bits per heavy atom. The molecule has 0 aromatic heterocycles. The van der Waals surface area contributed by atoms with E-state index in [1.165, 1.54) is 0 Å². The van der Waals surface area contributed by atoms with Crippen LogP contribution in [-0.4, -0.2) is 6.61 Å². The van der Waals surface area contributed by atoms with Crippen LogP contribution in [-0.2, 0) is 6.42 Å². The first-order valence-electron chi connectivity index (χ1n) is 5.59. The van der Waals surface area contributed by atoms with Crippen molar-refractivity contribution in [3.63, 3.8) is 0 Å². The molecular formula is C14H12ClNO2. The highest BCUT2D eigenvalue weighted by atomic mass is 35.5. The summed E-state index contributed by atoms with van der Waals surface area (Å²) in [6.07, 6.45) is 0.643. The topological polar surface area (TPSA) is 38.7 Å². The van der Waals surface area contributed by atoms with Crippen molar-refractivity contribution in [2.24, 2.45) is 5.18 Å². The third kappa shape index (κ3) is 3.31. The first-order valence-corrected chi connectivity index (χ1v) is 5.97. The van der Waals surface area contributed by atoms with Crippen LogP contribution in [0.3, 0.4) is 0 Å². The molecule has 0 spiro atoms.